The fraction of sp³-hybridized carbons (Fsp3) is 0.538. The third kappa shape index (κ3) is 5.26. The number of thioether (sulfide) groups is 1. The van der Waals surface area contributed by atoms with Crippen LogP contribution in [-0.2, 0) is 15.3 Å². The number of nitrogen functional groups attached to an aromatic ring is 1. The average Bonchev–Trinajstić information content (AvgIpc) is 2.67. The molecule has 0 aliphatic heterocycles. The molecule has 1 heterocycles. The monoisotopic (exact) mass is 300 g/mol. The van der Waals surface area contributed by atoms with Gasteiger partial charge in [-0.25, -0.2) is 5.84 Å². The number of furan rings is 1. The first kappa shape index (κ1) is 16.6. The van der Waals surface area contributed by atoms with Crippen LogP contribution in [0.5, 0.6) is 0 Å². The van der Waals surface area contributed by atoms with Crippen molar-refractivity contribution in [2.75, 3.05) is 5.75 Å². The van der Waals surface area contributed by atoms with E-state index in [1.54, 1.807) is 13.0 Å². The van der Waals surface area contributed by atoms with E-state index in [1.165, 1.54) is 11.8 Å². The van der Waals surface area contributed by atoms with Gasteiger partial charge in [0.25, 0.3) is 0 Å². The van der Waals surface area contributed by atoms with E-state index >= 15 is 0 Å². The van der Waals surface area contributed by atoms with E-state index in [0.29, 0.717) is 17.1 Å². The number of carbonyl (C=O) groups excluding carboxylic acids is 2. The van der Waals surface area contributed by atoms with Crippen molar-refractivity contribution in [3.8, 4) is 0 Å². The lowest BCUT2D eigenvalue weighted by molar-refractivity contribution is -0.151. The van der Waals surface area contributed by atoms with Crippen molar-refractivity contribution in [2.45, 2.75) is 39.0 Å². The molecule has 0 aliphatic rings. The lowest BCUT2D eigenvalue weighted by Crippen LogP contribution is -2.30. The van der Waals surface area contributed by atoms with Gasteiger partial charge in [0.15, 0.2) is 5.76 Å². The molecular weight excluding hydrogens is 280 g/mol. The molecule has 1 aromatic rings. The highest BCUT2D eigenvalue weighted by Gasteiger charge is 2.17. The second kappa shape index (κ2) is 6.81. The van der Waals surface area contributed by atoms with Gasteiger partial charge in [-0.1, -0.05) is 0 Å². The molecule has 0 saturated carbocycles. The fourth-order valence-electron chi connectivity index (χ4n) is 1.52. The van der Waals surface area contributed by atoms with E-state index in [2.05, 4.69) is 0 Å². The number of carbonyl (C=O) groups is 2. The lowest BCUT2D eigenvalue weighted by atomic mass is 10.2. The second-order valence-corrected chi connectivity index (χ2v) is 6.26. The molecule has 7 heteroatoms. The zero-order valence-electron chi connectivity index (χ0n) is 12.1. The van der Waals surface area contributed by atoms with E-state index in [4.69, 9.17) is 15.0 Å². The van der Waals surface area contributed by atoms with Gasteiger partial charge in [0.1, 0.15) is 11.4 Å². The van der Waals surface area contributed by atoms with Crippen LogP contribution in [0.4, 0.5) is 0 Å². The van der Waals surface area contributed by atoms with E-state index in [0.717, 1.165) is 0 Å². The molecule has 0 atom stereocenters. The van der Waals surface area contributed by atoms with Gasteiger partial charge in [-0.05, 0) is 33.8 Å². The van der Waals surface area contributed by atoms with E-state index in [-0.39, 0.29) is 17.5 Å². The van der Waals surface area contributed by atoms with Gasteiger partial charge in [0.05, 0.1) is 11.5 Å². The number of aryl methyl sites for hydroxylation is 1. The van der Waals surface area contributed by atoms with Crippen molar-refractivity contribution < 1.29 is 18.7 Å². The summed E-state index contributed by atoms with van der Waals surface area (Å²) in [6.07, 6.45) is 0. The minimum absolute atomic E-state index is 0.195. The van der Waals surface area contributed by atoms with Crippen LogP contribution >= 0.6 is 11.8 Å². The van der Waals surface area contributed by atoms with E-state index in [1.807, 2.05) is 26.2 Å². The van der Waals surface area contributed by atoms with Gasteiger partial charge >= 0.3 is 11.9 Å². The van der Waals surface area contributed by atoms with Crippen LogP contribution in [0, 0.1) is 6.92 Å². The third-order valence-corrected chi connectivity index (χ3v) is 3.12. The minimum atomic E-state index is -0.481. The highest BCUT2D eigenvalue weighted by atomic mass is 32.2. The maximum atomic E-state index is 11.5. The molecule has 0 radical (unpaired) electrons. The normalized spacial score (nSPS) is 11.2. The number of nitrogens with one attached hydrogen (secondary N) is 1. The Labute approximate surface area is 122 Å². The first-order chi connectivity index (χ1) is 9.23. The Morgan fingerprint density at radius 3 is 2.65 bits per heavy atom. The highest BCUT2D eigenvalue weighted by Crippen LogP contribution is 2.20. The quantitative estimate of drug-likeness (QED) is 0.372. The first-order valence-electron chi connectivity index (χ1n) is 6.13. The molecule has 112 valence electrons. The number of hydrazine groups is 1. The maximum Gasteiger partial charge on any atom is 0.316 e. The number of hydrogen-bond acceptors (Lipinski definition) is 6. The summed E-state index contributed by atoms with van der Waals surface area (Å²) >= 11 is 1.37. The predicted molar refractivity (Wildman–Crippen MR) is 77.1 cm³/mol. The van der Waals surface area contributed by atoms with Crippen LogP contribution in [-0.4, -0.2) is 23.2 Å². The average molecular weight is 300 g/mol. The summed E-state index contributed by atoms with van der Waals surface area (Å²) in [6, 6.07) is 1.76. The summed E-state index contributed by atoms with van der Waals surface area (Å²) in [7, 11) is 0. The lowest BCUT2D eigenvalue weighted by Gasteiger charge is -2.19. The summed E-state index contributed by atoms with van der Waals surface area (Å²) in [4.78, 5) is 22.9. The van der Waals surface area contributed by atoms with E-state index < -0.39 is 11.5 Å². The summed E-state index contributed by atoms with van der Waals surface area (Å²) in [5.41, 5.74) is 2.25. The van der Waals surface area contributed by atoms with Crippen LogP contribution in [0.15, 0.2) is 10.5 Å². The van der Waals surface area contributed by atoms with Crippen molar-refractivity contribution >= 4 is 23.6 Å². The number of hydrogen-bond donors (Lipinski definition) is 2. The Balaban J connectivity index is 2.47. The molecule has 20 heavy (non-hydrogen) atoms. The van der Waals surface area contributed by atoms with Crippen LogP contribution in [0.1, 0.15) is 42.6 Å². The molecule has 1 rings (SSSR count). The number of rotatable bonds is 5. The molecule has 1 amide bonds. The van der Waals surface area contributed by atoms with Crippen LogP contribution in [0.2, 0.25) is 0 Å². The van der Waals surface area contributed by atoms with Gasteiger partial charge in [-0.2, -0.15) is 0 Å². The first-order valence-corrected chi connectivity index (χ1v) is 7.28. The Kier molecular flexibility index (Phi) is 5.64. The number of esters is 1. The molecule has 3 N–H and O–H groups in total. The van der Waals surface area contributed by atoms with Gasteiger partial charge in [0, 0.05) is 5.56 Å². The van der Waals surface area contributed by atoms with Crippen molar-refractivity contribution in [2.24, 2.45) is 5.84 Å². The predicted octanol–water partition coefficient (Wildman–Crippen LogP) is 1.77. The van der Waals surface area contributed by atoms with Gasteiger partial charge < -0.3 is 9.15 Å². The number of nitrogens with two attached hydrogens (primary N) is 1. The third-order valence-electron chi connectivity index (χ3n) is 2.19. The topological polar surface area (TPSA) is 94.6 Å². The Hall–Kier alpha value is -1.47. The molecule has 0 unspecified atom stereocenters. The summed E-state index contributed by atoms with van der Waals surface area (Å²) < 4.78 is 10.6. The smallest absolute Gasteiger partial charge is 0.316 e. The molecule has 0 spiro atoms. The molecule has 0 bridgehead atoms. The second-order valence-electron chi connectivity index (χ2n) is 5.28. The van der Waals surface area contributed by atoms with Gasteiger partial charge in [-0.15, -0.1) is 11.8 Å². The standard InChI is InChI=1S/C13H20N2O4S/c1-8-5-9(18-11(8)12(17)15-14)6-20-7-10(16)19-13(2,3)4/h5H,6-7,14H2,1-4H3,(H,15,17). The SMILES string of the molecule is Cc1cc(CSCC(=O)OC(C)(C)C)oc1C(=O)NN. The summed E-state index contributed by atoms with van der Waals surface area (Å²) in [5, 5.41) is 0. The largest absolute Gasteiger partial charge is 0.459 e. The fourth-order valence-corrected chi connectivity index (χ4v) is 2.19. The van der Waals surface area contributed by atoms with Crippen molar-refractivity contribution in [3.05, 3.63) is 23.2 Å². The van der Waals surface area contributed by atoms with Crippen molar-refractivity contribution in [1.29, 1.82) is 0 Å². The molecule has 6 nitrogen and oxygen atoms in total. The van der Waals surface area contributed by atoms with Crippen LogP contribution in [0.25, 0.3) is 0 Å². The Bertz CT molecular complexity index is 491. The maximum absolute atomic E-state index is 11.5. The zero-order chi connectivity index (χ0) is 15.3. The molecule has 0 fully saturated rings. The van der Waals surface area contributed by atoms with Crippen molar-refractivity contribution in [3.63, 3.8) is 0 Å². The molecular formula is C13H20N2O4S. The molecule has 0 aliphatic carbocycles. The summed E-state index contributed by atoms with van der Waals surface area (Å²) in [6.45, 7) is 7.23. The number of amides is 1. The van der Waals surface area contributed by atoms with E-state index in [9.17, 15) is 9.59 Å². The van der Waals surface area contributed by atoms with Gasteiger partial charge in [0.2, 0.25) is 0 Å². The van der Waals surface area contributed by atoms with Crippen LogP contribution < -0.4 is 11.3 Å². The van der Waals surface area contributed by atoms with Gasteiger partial charge in [-0.3, -0.25) is 15.0 Å². The Morgan fingerprint density at radius 2 is 2.10 bits per heavy atom. The summed E-state index contributed by atoms with van der Waals surface area (Å²) in [5.74, 6) is 5.85. The molecule has 1 aromatic heterocycles. The highest BCUT2D eigenvalue weighted by molar-refractivity contribution is 7.99. The zero-order valence-corrected chi connectivity index (χ0v) is 12.9. The number of ether oxygens (including phenoxy) is 1. The van der Waals surface area contributed by atoms with Crippen LogP contribution in [0.3, 0.4) is 0 Å². The minimum Gasteiger partial charge on any atom is -0.459 e. The molecule has 0 aromatic carbocycles. The van der Waals surface area contributed by atoms with Crippen molar-refractivity contribution in [1.82, 2.24) is 5.43 Å². The Morgan fingerprint density at radius 1 is 1.45 bits per heavy atom. The molecule has 0 saturated heterocycles.